The number of hydrogen-bond donors (Lipinski definition) is 0. The van der Waals surface area contributed by atoms with Gasteiger partial charge >= 0.3 is 5.97 Å². The summed E-state index contributed by atoms with van der Waals surface area (Å²) in [7, 11) is 0. The van der Waals surface area contributed by atoms with Crippen molar-refractivity contribution in [3.8, 4) is 0 Å². The molecule has 0 N–H and O–H groups in total. The van der Waals surface area contributed by atoms with Crippen LogP contribution in [-0.4, -0.2) is 59.3 Å². The van der Waals surface area contributed by atoms with Crippen LogP contribution < -0.4 is 10.5 Å². The first-order chi connectivity index (χ1) is 17.1. The van der Waals surface area contributed by atoms with Crippen molar-refractivity contribution >= 4 is 28.3 Å². The molecule has 4 rings (SSSR count). The van der Waals surface area contributed by atoms with Gasteiger partial charge in [0.1, 0.15) is 0 Å². The molecule has 1 fully saturated rings. The first kappa shape index (κ1) is 24.4. The number of esters is 1. The lowest BCUT2D eigenvalue weighted by atomic mass is 10.1. The van der Waals surface area contributed by atoms with Crippen molar-refractivity contribution in [2.45, 2.75) is 39.2 Å². The first-order valence-corrected chi connectivity index (χ1v) is 12.3. The summed E-state index contributed by atoms with van der Waals surface area (Å²) in [5.74, 6) is -0.928. The summed E-state index contributed by atoms with van der Waals surface area (Å²) < 4.78 is 6.73. The van der Waals surface area contributed by atoms with Gasteiger partial charge in [0.05, 0.1) is 5.39 Å². The number of aryl methyl sites for hydroxylation is 1. The summed E-state index contributed by atoms with van der Waals surface area (Å²) in [5, 5.41) is 5.20. The van der Waals surface area contributed by atoms with Gasteiger partial charge in [0, 0.05) is 43.8 Å². The van der Waals surface area contributed by atoms with Crippen LogP contribution in [0.5, 0.6) is 0 Å². The van der Waals surface area contributed by atoms with Crippen molar-refractivity contribution in [2.75, 3.05) is 37.7 Å². The van der Waals surface area contributed by atoms with E-state index < -0.39 is 5.97 Å². The minimum absolute atomic E-state index is 0.0670. The third kappa shape index (κ3) is 5.88. The minimum Gasteiger partial charge on any atom is -0.451 e. The zero-order valence-corrected chi connectivity index (χ0v) is 20.2. The zero-order valence-electron chi connectivity index (χ0n) is 20.2. The number of unbranched alkanes of at least 4 members (excludes halogenated alkanes) is 3. The average Bonchev–Trinajstić information content (AvgIpc) is 2.91. The van der Waals surface area contributed by atoms with Gasteiger partial charge in [-0.05, 0) is 24.6 Å². The molecular formula is C27H32N4O4. The van der Waals surface area contributed by atoms with E-state index in [4.69, 9.17) is 4.74 Å². The van der Waals surface area contributed by atoms with Crippen molar-refractivity contribution in [1.82, 2.24) is 14.7 Å². The maximum atomic E-state index is 12.9. The third-order valence-corrected chi connectivity index (χ3v) is 6.37. The van der Waals surface area contributed by atoms with Crippen molar-refractivity contribution < 1.29 is 14.3 Å². The van der Waals surface area contributed by atoms with Gasteiger partial charge in [-0.15, -0.1) is 0 Å². The van der Waals surface area contributed by atoms with E-state index in [1.807, 2.05) is 18.2 Å². The number of anilines is 1. The summed E-state index contributed by atoms with van der Waals surface area (Å²) in [4.78, 5) is 42.5. The number of nitrogens with zero attached hydrogens (tertiary/aromatic N) is 4. The maximum Gasteiger partial charge on any atom is 0.359 e. The second-order valence-electron chi connectivity index (χ2n) is 8.76. The van der Waals surface area contributed by atoms with Crippen LogP contribution in [0.4, 0.5) is 5.69 Å². The smallest absolute Gasteiger partial charge is 0.359 e. The van der Waals surface area contributed by atoms with Crippen LogP contribution in [0.1, 0.15) is 43.1 Å². The predicted octanol–water partition coefficient (Wildman–Crippen LogP) is 3.48. The largest absolute Gasteiger partial charge is 0.451 e. The van der Waals surface area contributed by atoms with Crippen molar-refractivity contribution in [2.24, 2.45) is 0 Å². The van der Waals surface area contributed by atoms with E-state index in [-0.39, 0.29) is 23.8 Å². The van der Waals surface area contributed by atoms with Gasteiger partial charge in [0.25, 0.3) is 11.5 Å². The molecule has 1 aromatic heterocycles. The molecule has 1 aliphatic rings. The topological polar surface area (TPSA) is 84.7 Å². The summed E-state index contributed by atoms with van der Waals surface area (Å²) in [6.07, 6.45) is 3.97. The highest BCUT2D eigenvalue weighted by atomic mass is 16.5. The van der Waals surface area contributed by atoms with Crippen LogP contribution in [0.15, 0.2) is 59.4 Å². The predicted molar refractivity (Wildman–Crippen MR) is 136 cm³/mol. The molecule has 184 valence electrons. The van der Waals surface area contributed by atoms with E-state index in [1.54, 1.807) is 29.2 Å². The second-order valence-corrected chi connectivity index (χ2v) is 8.76. The highest BCUT2D eigenvalue weighted by Gasteiger charge is 2.24. The Kier molecular flexibility index (Phi) is 8.13. The Hall–Kier alpha value is -3.68. The van der Waals surface area contributed by atoms with Crippen LogP contribution in [0.3, 0.4) is 0 Å². The van der Waals surface area contributed by atoms with Crippen LogP contribution in [0.2, 0.25) is 0 Å². The monoisotopic (exact) mass is 476 g/mol. The van der Waals surface area contributed by atoms with E-state index in [0.29, 0.717) is 30.4 Å². The lowest BCUT2D eigenvalue weighted by Crippen LogP contribution is -2.49. The number of carbonyl (C=O) groups excluding carboxylic acids is 2. The number of amides is 1. The summed E-state index contributed by atoms with van der Waals surface area (Å²) in [6.45, 7) is 4.78. The molecule has 2 heterocycles. The molecular weight excluding hydrogens is 444 g/mol. The van der Waals surface area contributed by atoms with E-state index in [1.165, 1.54) is 4.68 Å². The van der Waals surface area contributed by atoms with E-state index in [2.05, 4.69) is 29.1 Å². The lowest BCUT2D eigenvalue weighted by molar-refractivity contribution is -0.134. The number of piperazine rings is 1. The normalized spacial score (nSPS) is 13.7. The fraction of sp³-hybridized carbons (Fsp3) is 0.407. The first-order valence-electron chi connectivity index (χ1n) is 12.3. The Morgan fingerprint density at radius 2 is 1.57 bits per heavy atom. The molecule has 1 amide bonds. The summed E-state index contributed by atoms with van der Waals surface area (Å²) >= 11 is 0. The quantitative estimate of drug-likeness (QED) is 0.347. The van der Waals surface area contributed by atoms with Gasteiger partial charge in [-0.3, -0.25) is 9.59 Å². The van der Waals surface area contributed by atoms with Crippen LogP contribution in [0.25, 0.3) is 10.8 Å². The highest BCUT2D eigenvalue weighted by Crippen LogP contribution is 2.17. The molecule has 8 nitrogen and oxygen atoms in total. The van der Waals surface area contributed by atoms with Gasteiger partial charge in [0.15, 0.2) is 12.3 Å². The highest BCUT2D eigenvalue weighted by molar-refractivity contribution is 6.02. The molecule has 1 aliphatic heterocycles. The van der Waals surface area contributed by atoms with E-state index in [9.17, 15) is 14.4 Å². The van der Waals surface area contributed by atoms with Gasteiger partial charge in [-0.25, -0.2) is 9.48 Å². The number of hydrogen-bond acceptors (Lipinski definition) is 6. The number of carbonyl (C=O) groups is 2. The Labute approximate surface area is 205 Å². The number of para-hydroxylation sites is 1. The lowest BCUT2D eigenvalue weighted by Gasteiger charge is -2.36. The summed E-state index contributed by atoms with van der Waals surface area (Å²) in [5.41, 5.74) is 0.979. The molecule has 0 bridgehead atoms. The molecule has 2 aromatic carbocycles. The van der Waals surface area contributed by atoms with Gasteiger partial charge in [-0.1, -0.05) is 62.6 Å². The summed E-state index contributed by atoms with van der Waals surface area (Å²) in [6, 6.07) is 17.0. The number of fused-ring (bicyclic) bond motifs is 1. The molecule has 3 aromatic rings. The maximum absolute atomic E-state index is 12.9. The molecule has 8 heteroatoms. The molecule has 0 radical (unpaired) electrons. The van der Waals surface area contributed by atoms with Gasteiger partial charge in [-0.2, -0.15) is 5.10 Å². The fourth-order valence-corrected chi connectivity index (χ4v) is 4.37. The van der Waals surface area contributed by atoms with Crippen molar-refractivity contribution in [3.63, 3.8) is 0 Å². The molecule has 0 aliphatic carbocycles. The van der Waals surface area contributed by atoms with Crippen molar-refractivity contribution in [1.29, 1.82) is 0 Å². The van der Waals surface area contributed by atoms with Gasteiger partial charge < -0.3 is 14.5 Å². The van der Waals surface area contributed by atoms with Crippen LogP contribution in [-0.2, 0) is 16.1 Å². The van der Waals surface area contributed by atoms with Crippen LogP contribution in [0, 0.1) is 0 Å². The van der Waals surface area contributed by atoms with E-state index in [0.717, 1.165) is 44.5 Å². The Morgan fingerprint density at radius 3 is 2.29 bits per heavy atom. The number of rotatable bonds is 9. The Morgan fingerprint density at radius 1 is 0.886 bits per heavy atom. The zero-order chi connectivity index (χ0) is 24.6. The Bertz CT molecular complexity index is 1220. The van der Waals surface area contributed by atoms with Crippen LogP contribution >= 0.6 is 0 Å². The standard InChI is InChI=1S/C27H32N4O4/c1-2-3-4-10-15-31-26(33)23-14-9-8-13-22(23)25(28-31)27(34)35-20-24(32)30-18-16-29(17-19-30)21-11-6-5-7-12-21/h5-9,11-14H,2-4,10,15-20H2,1H3. The Balaban J connectivity index is 1.40. The third-order valence-electron chi connectivity index (χ3n) is 6.37. The number of ether oxygens (including phenoxy) is 1. The van der Waals surface area contributed by atoms with Crippen molar-refractivity contribution in [3.05, 3.63) is 70.6 Å². The molecule has 0 spiro atoms. The molecule has 35 heavy (non-hydrogen) atoms. The minimum atomic E-state index is -0.695. The number of aromatic nitrogens is 2. The SMILES string of the molecule is CCCCCCn1nc(C(=O)OCC(=O)N2CCN(c3ccccc3)CC2)c2ccccc2c1=O. The molecule has 0 unspecified atom stereocenters. The van der Waals surface area contributed by atoms with Gasteiger partial charge in [0.2, 0.25) is 0 Å². The second kappa shape index (κ2) is 11.6. The molecule has 0 saturated carbocycles. The average molecular weight is 477 g/mol. The van der Waals surface area contributed by atoms with E-state index >= 15 is 0 Å². The number of benzene rings is 2. The molecule has 1 saturated heterocycles. The molecule has 0 atom stereocenters. The fourth-order valence-electron chi connectivity index (χ4n) is 4.37.